The quantitative estimate of drug-likeness (QED) is 0.662. The minimum atomic E-state index is 0.263. The molecule has 84 valence electrons. The van der Waals surface area contributed by atoms with Crippen LogP contribution in [0.4, 0.5) is 0 Å². The third-order valence-corrected chi connectivity index (χ3v) is 2.91. The van der Waals surface area contributed by atoms with Gasteiger partial charge in [0.2, 0.25) is 0 Å². The Bertz CT molecular complexity index is 179. The normalized spacial score (nSPS) is 25.1. The van der Waals surface area contributed by atoms with Crippen molar-refractivity contribution in [3.05, 3.63) is 0 Å². The molecule has 1 rings (SSSR count). The van der Waals surface area contributed by atoms with Crippen LogP contribution in [0.15, 0.2) is 0 Å². The lowest BCUT2D eigenvalue weighted by atomic mass is 10.1. The summed E-state index contributed by atoms with van der Waals surface area (Å²) in [4.78, 5) is 0. The number of nitrogens with one attached hydrogen (secondary N) is 2. The minimum Gasteiger partial charge on any atom is -0.313 e. The van der Waals surface area contributed by atoms with Gasteiger partial charge < -0.3 is 10.6 Å². The van der Waals surface area contributed by atoms with E-state index in [1.54, 1.807) is 0 Å². The molecule has 0 heterocycles. The first kappa shape index (κ1) is 12.0. The molecule has 0 spiro atoms. The van der Waals surface area contributed by atoms with Crippen molar-refractivity contribution in [2.24, 2.45) is 5.41 Å². The molecule has 2 N–H and O–H groups in total. The molecule has 2 nitrogen and oxygen atoms in total. The maximum Gasteiger partial charge on any atom is 0.0124 e. The van der Waals surface area contributed by atoms with Crippen LogP contribution in [0.25, 0.3) is 0 Å². The van der Waals surface area contributed by atoms with E-state index >= 15 is 0 Å². The van der Waals surface area contributed by atoms with E-state index in [1.807, 2.05) is 0 Å². The highest BCUT2D eigenvalue weighted by Crippen LogP contribution is 2.44. The fourth-order valence-electron chi connectivity index (χ4n) is 1.64. The number of rotatable bonds is 5. The minimum absolute atomic E-state index is 0.263. The molecule has 0 saturated heterocycles. The summed E-state index contributed by atoms with van der Waals surface area (Å²) in [6.07, 6.45) is 2.57. The van der Waals surface area contributed by atoms with Crippen LogP contribution in [0.1, 0.15) is 47.5 Å². The van der Waals surface area contributed by atoms with Crippen LogP contribution in [0.5, 0.6) is 0 Å². The fourth-order valence-corrected chi connectivity index (χ4v) is 1.64. The van der Waals surface area contributed by atoms with Gasteiger partial charge in [-0.15, -0.1) is 0 Å². The summed E-state index contributed by atoms with van der Waals surface area (Å²) in [6, 6.07) is 0.775. The second-order valence-corrected chi connectivity index (χ2v) is 6.23. The van der Waals surface area contributed by atoms with Crippen molar-refractivity contribution in [3.8, 4) is 0 Å². The summed E-state index contributed by atoms with van der Waals surface area (Å²) in [6.45, 7) is 13.6. The molecule has 2 heteroatoms. The largest absolute Gasteiger partial charge is 0.313 e. The molecule has 1 saturated carbocycles. The molecule has 1 unspecified atom stereocenters. The first-order valence-electron chi connectivity index (χ1n) is 5.80. The van der Waals surface area contributed by atoms with Crippen LogP contribution in [0.3, 0.4) is 0 Å². The van der Waals surface area contributed by atoms with Gasteiger partial charge in [0.1, 0.15) is 0 Å². The predicted octanol–water partition coefficient (Wildman–Crippen LogP) is 2.15. The third-order valence-electron chi connectivity index (χ3n) is 2.91. The maximum atomic E-state index is 3.59. The van der Waals surface area contributed by atoms with Crippen LogP contribution in [-0.2, 0) is 0 Å². The van der Waals surface area contributed by atoms with Gasteiger partial charge in [0.05, 0.1) is 0 Å². The van der Waals surface area contributed by atoms with E-state index in [4.69, 9.17) is 0 Å². The molecule has 1 fully saturated rings. The van der Waals surface area contributed by atoms with Crippen molar-refractivity contribution >= 4 is 0 Å². The first-order chi connectivity index (χ1) is 6.31. The van der Waals surface area contributed by atoms with Gasteiger partial charge in [-0.2, -0.15) is 0 Å². The van der Waals surface area contributed by atoms with E-state index in [2.05, 4.69) is 45.3 Å². The Labute approximate surface area is 88.8 Å². The first-order valence-corrected chi connectivity index (χ1v) is 5.80. The van der Waals surface area contributed by atoms with Gasteiger partial charge in [-0.25, -0.2) is 0 Å². The topological polar surface area (TPSA) is 24.1 Å². The summed E-state index contributed by atoms with van der Waals surface area (Å²) < 4.78 is 0. The molecule has 1 aliphatic rings. The van der Waals surface area contributed by atoms with E-state index in [0.29, 0.717) is 5.41 Å². The highest BCUT2D eigenvalue weighted by molar-refractivity contribution is 5.01. The Hall–Kier alpha value is -0.0800. The molecule has 1 aliphatic carbocycles. The molecular formula is C12H26N2. The van der Waals surface area contributed by atoms with Crippen molar-refractivity contribution < 1.29 is 0 Å². The highest BCUT2D eigenvalue weighted by atomic mass is 15.0. The van der Waals surface area contributed by atoms with Gasteiger partial charge in [0.25, 0.3) is 0 Å². The average Bonchev–Trinajstić information content (AvgIpc) is 2.56. The zero-order chi connectivity index (χ0) is 10.8. The van der Waals surface area contributed by atoms with Crippen LogP contribution in [-0.4, -0.2) is 24.7 Å². The van der Waals surface area contributed by atoms with E-state index in [-0.39, 0.29) is 5.54 Å². The lowest BCUT2D eigenvalue weighted by Crippen LogP contribution is -2.37. The van der Waals surface area contributed by atoms with Crippen molar-refractivity contribution in [3.63, 3.8) is 0 Å². The molecule has 1 atom stereocenters. The Balaban J connectivity index is 1.91. The Morgan fingerprint density at radius 3 is 2.21 bits per heavy atom. The van der Waals surface area contributed by atoms with Crippen molar-refractivity contribution in [1.82, 2.24) is 10.6 Å². The molecule has 0 amide bonds. The van der Waals surface area contributed by atoms with Gasteiger partial charge in [-0.3, -0.25) is 0 Å². The Morgan fingerprint density at radius 1 is 1.21 bits per heavy atom. The standard InChI is InChI=1S/C12H26N2/c1-11(2,3)14-8-6-7-13-10-9-12(10,4)5/h10,13-14H,6-9H2,1-5H3. The fraction of sp³-hybridized carbons (Fsp3) is 1.00. The van der Waals surface area contributed by atoms with Gasteiger partial charge in [-0.1, -0.05) is 13.8 Å². The molecule has 0 aromatic carbocycles. The molecule has 0 aliphatic heterocycles. The molecule has 0 aromatic heterocycles. The monoisotopic (exact) mass is 198 g/mol. The van der Waals surface area contributed by atoms with E-state index in [1.165, 1.54) is 12.8 Å². The van der Waals surface area contributed by atoms with Crippen molar-refractivity contribution in [1.29, 1.82) is 0 Å². The lowest BCUT2D eigenvalue weighted by Gasteiger charge is -2.20. The maximum absolute atomic E-state index is 3.59. The smallest absolute Gasteiger partial charge is 0.0124 e. The summed E-state index contributed by atoms with van der Waals surface area (Å²) >= 11 is 0. The predicted molar refractivity (Wildman–Crippen MR) is 62.6 cm³/mol. The molecule has 0 radical (unpaired) electrons. The van der Waals surface area contributed by atoms with Crippen molar-refractivity contribution in [2.45, 2.75) is 59.0 Å². The molecule has 0 bridgehead atoms. The van der Waals surface area contributed by atoms with Crippen LogP contribution < -0.4 is 10.6 Å². The summed E-state index contributed by atoms with van der Waals surface area (Å²) in [5, 5.41) is 7.09. The zero-order valence-electron chi connectivity index (χ0n) is 10.4. The molecular weight excluding hydrogens is 172 g/mol. The molecule has 0 aromatic rings. The van der Waals surface area contributed by atoms with E-state index in [9.17, 15) is 0 Å². The Kier molecular flexibility index (Phi) is 3.59. The average molecular weight is 198 g/mol. The van der Waals surface area contributed by atoms with Crippen LogP contribution in [0.2, 0.25) is 0 Å². The van der Waals surface area contributed by atoms with E-state index < -0.39 is 0 Å². The van der Waals surface area contributed by atoms with Gasteiger partial charge in [0.15, 0.2) is 0 Å². The van der Waals surface area contributed by atoms with Crippen LogP contribution >= 0.6 is 0 Å². The van der Waals surface area contributed by atoms with Gasteiger partial charge >= 0.3 is 0 Å². The second-order valence-electron chi connectivity index (χ2n) is 6.23. The summed E-state index contributed by atoms with van der Waals surface area (Å²) in [5.41, 5.74) is 0.830. The molecule has 14 heavy (non-hydrogen) atoms. The summed E-state index contributed by atoms with van der Waals surface area (Å²) in [5.74, 6) is 0. The van der Waals surface area contributed by atoms with E-state index in [0.717, 1.165) is 19.1 Å². The highest BCUT2D eigenvalue weighted by Gasteiger charge is 2.44. The number of hydrogen-bond acceptors (Lipinski definition) is 2. The van der Waals surface area contributed by atoms with Gasteiger partial charge in [0, 0.05) is 11.6 Å². The Morgan fingerprint density at radius 2 is 1.79 bits per heavy atom. The SMILES string of the molecule is CC(C)(C)NCCCNC1CC1(C)C. The van der Waals surface area contributed by atoms with Crippen molar-refractivity contribution in [2.75, 3.05) is 13.1 Å². The zero-order valence-corrected chi connectivity index (χ0v) is 10.4. The van der Waals surface area contributed by atoms with Gasteiger partial charge in [-0.05, 0) is 52.1 Å². The second kappa shape index (κ2) is 4.19. The number of hydrogen-bond donors (Lipinski definition) is 2. The van der Waals surface area contributed by atoms with Crippen LogP contribution in [0, 0.1) is 5.41 Å². The summed E-state index contributed by atoms with van der Waals surface area (Å²) in [7, 11) is 0. The lowest BCUT2D eigenvalue weighted by molar-refractivity contribution is 0.415. The third kappa shape index (κ3) is 4.43.